The normalized spacial score (nSPS) is 18.0. The highest BCUT2D eigenvalue weighted by atomic mass is 16.5. The molecule has 1 atom stereocenters. The molecule has 130 valence electrons. The first-order valence-electron chi connectivity index (χ1n) is 8.32. The summed E-state index contributed by atoms with van der Waals surface area (Å²) in [7, 11) is 0. The number of anilines is 2. The van der Waals surface area contributed by atoms with E-state index < -0.39 is 0 Å². The van der Waals surface area contributed by atoms with Crippen molar-refractivity contribution >= 4 is 22.9 Å². The number of imidazole rings is 1. The lowest BCUT2D eigenvalue weighted by molar-refractivity contribution is 0.0987. The maximum Gasteiger partial charge on any atom is 0.219 e. The summed E-state index contributed by atoms with van der Waals surface area (Å²) in [5, 5.41) is 0. The number of nitrogens with two attached hydrogens (primary N) is 1. The van der Waals surface area contributed by atoms with Crippen LogP contribution in [0.2, 0.25) is 0 Å². The maximum absolute atomic E-state index is 5.59. The van der Waals surface area contributed by atoms with E-state index >= 15 is 0 Å². The monoisotopic (exact) mass is 340 g/mol. The minimum Gasteiger partial charge on any atom is -0.377 e. The van der Waals surface area contributed by atoms with E-state index in [1.54, 1.807) is 18.7 Å². The number of rotatable bonds is 3. The molecular weight excluding hydrogens is 320 g/mol. The maximum atomic E-state index is 5.59. The predicted octanol–water partition coefficient (Wildman–Crippen LogP) is 1.11. The van der Waals surface area contributed by atoms with Gasteiger partial charge in [0.05, 0.1) is 31.1 Å². The highest BCUT2D eigenvalue weighted by Gasteiger charge is 2.25. The van der Waals surface area contributed by atoms with Crippen molar-refractivity contribution in [2.45, 2.75) is 26.4 Å². The van der Waals surface area contributed by atoms with E-state index in [9.17, 15) is 0 Å². The molecule has 9 heteroatoms. The lowest BCUT2D eigenvalue weighted by Gasteiger charge is -2.34. The van der Waals surface area contributed by atoms with Crippen molar-refractivity contribution in [1.29, 1.82) is 0 Å². The smallest absolute Gasteiger partial charge is 0.219 e. The van der Waals surface area contributed by atoms with Gasteiger partial charge in [0.15, 0.2) is 22.8 Å². The molecular formula is C16H20N8O. The molecule has 1 saturated heterocycles. The zero-order valence-corrected chi connectivity index (χ0v) is 14.3. The van der Waals surface area contributed by atoms with E-state index in [2.05, 4.69) is 33.7 Å². The van der Waals surface area contributed by atoms with Crippen molar-refractivity contribution in [3.63, 3.8) is 0 Å². The van der Waals surface area contributed by atoms with Crippen molar-refractivity contribution in [2.24, 2.45) is 0 Å². The molecule has 25 heavy (non-hydrogen) atoms. The second-order valence-corrected chi connectivity index (χ2v) is 6.02. The summed E-state index contributed by atoms with van der Waals surface area (Å²) in [6.07, 6.45) is 5.09. The second-order valence-electron chi connectivity index (χ2n) is 6.02. The Balaban J connectivity index is 1.90. The van der Waals surface area contributed by atoms with Gasteiger partial charge in [-0.2, -0.15) is 0 Å². The van der Waals surface area contributed by atoms with E-state index in [4.69, 9.17) is 20.4 Å². The van der Waals surface area contributed by atoms with Crippen LogP contribution in [0.4, 0.5) is 11.8 Å². The van der Waals surface area contributed by atoms with Crippen LogP contribution in [-0.4, -0.2) is 55.3 Å². The standard InChI is InChI=1S/C16H20N8O/c1-3-23-9-20-12-14(23)21-13(11-6-18-16(17)19-7-11)22-15(12)24-4-5-25-8-10(24)2/h6-7,9-10H,3-5,8H2,1-2H3,(H2,17,18,19)/t10-/m0/s1. The van der Waals surface area contributed by atoms with Gasteiger partial charge in [0.25, 0.3) is 0 Å². The van der Waals surface area contributed by atoms with E-state index in [-0.39, 0.29) is 12.0 Å². The van der Waals surface area contributed by atoms with Gasteiger partial charge >= 0.3 is 0 Å². The topological polar surface area (TPSA) is 108 Å². The van der Waals surface area contributed by atoms with Crippen molar-refractivity contribution in [2.75, 3.05) is 30.4 Å². The first-order valence-corrected chi connectivity index (χ1v) is 8.32. The second kappa shape index (κ2) is 6.25. The SMILES string of the molecule is CCn1cnc2c(N3CCOC[C@@H]3C)nc(-c3cnc(N)nc3)nc21. The number of ether oxygens (including phenoxy) is 1. The first kappa shape index (κ1) is 15.7. The van der Waals surface area contributed by atoms with Crippen molar-refractivity contribution in [3.8, 4) is 11.4 Å². The summed E-state index contributed by atoms with van der Waals surface area (Å²) in [6, 6.07) is 0.217. The Bertz CT molecular complexity index is 891. The van der Waals surface area contributed by atoms with Crippen molar-refractivity contribution < 1.29 is 4.74 Å². The van der Waals surface area contributed by atoms with Gasteiger partial charge in [0, 0.05) is 25.5 Å². The number of nitrogens with zero attached hydrogens (tertiary/aromatic N) is 7. The van der Waals surface area contributed by atoms with E-state index in [1.165, 1.54) is 0 Å². The fourth-order valence-electron chi connectivity index (χ4n) is 2.99. The molecule has 3 aromatic rings. The number of aromatic nitrogens is 6. The Morgan fingerprint density at radius 1 is 1.24 bits per heavy atom. The summed E-state index contributed by atoms with van der Waals surface area (Å²) < 4.78 is 7.56. The first-order chi connectivity index (χ1) is 12.2. The van der Waals surface area contributed by atoms with Gasteiger partial charge in [-0.25, -0.2) is 24.9 Å². The predicted molar refractivity (Wildman–Crippen MR) is 94.1 cm³/mol. The highest BCUT2D eigenvalue weighted by Crippen LogP contribution is 2.28. The highest BCUT2D eigenvalue weighted by molar-refractivity contribution is 5.86. The Labute approximate surface area is 144 Å². The van der Waals surface area contributed by atoms with Crippen LogP contribution in [-0.2, 0) is 11.3 Å². The summed E-state index contributed by atoms with van der Waals surface area (Å²) >= 11 is 0. The molecule has 0 bridgehead atoms. The average molecular weight is 340 g/mol. The van der Waals surface area contributed by atoms with Crippen molar-refractivity contribution in [3.05, 3.63) is 18.7 Å². The molecule has 0 spiro atoms. The van der Waals surface area contributed by atoms with Crippen LogP contribution >= 0.6 is 0 Å². The van der Waals surface area contributed by atoms with E-state index in [1.807, 2.05) is 4.57 Å². The molecule has 4 heterocycles. The molecule has 0 unspecified atom stereocenters. The van der Waals surface area contributed by atoms with E-state index in [0.717, 1.165) is 35.6 Å². The third-order valence-corrected chi connectivity index (χ3v) is 4.36. The molecule has 0 saturated carbocycles. The third-order valence-electron chi connectivity index (χ3n) is 4.36. The largest absolute Gasteiger partial charge is 0.377 e. The summed E-state index contributed by atoms with van der Waals surface area (Å²) in [6.45, 7) is 7.07. The van der Waals surface area contributed by atoms with Gasteiger partial charge in [-0.05, 0) is 13.8 Å². The average Bonchev–Trinajstić information content (AvgIpc) is 3.05. The number of morpholine rings is 1. The summed E-state index contributed by atoms with van der Waals surface area (Å²) in [5.74, 6) is 1.61. The Kier molecular flexibility index (Phi) is 3.92. The fourth-order valence-corrected chi connectivity index (χ4v) is 2.99. The van der Waals surface area contributed by atoms with Crippen molar-refractivity contribution in [1.82, 2.24) is 29.5 Å². The number of nitrogen functional groups attached to an aromatic ring is 1. The quantitative estimate of drug-likeness (QED) is 0.755. The molecule has 0 amide bonds. The summed E-state index contributed by atoms with van der Waals surface area (Å²) in [5.41, 5.74) is 7.92. The number of fused-ring (bicyclic) bond motifs is 1. The van der Waals surface area contributed by atoms with Crippen LogP contribution < -0.4 is 10.6 Å². The number of hydrogen-bond donors (Lipinski definition) is 1. The molecule has 1 fully saturated rings. The molecule has 0 aliphatic carbocycles. The minimum absolute atomic E-state index is 0.217. The molecule has 9 nitrogen and oxygen atoms in total. The van der Waals surface area contributed by atoms with Gasteiger partial charge in [-0.3, -0.25) is 0 Å². The Hall–Kier alpha value is -2.81. The van der Waals surface area contributed by atoms with Gasteiger partial charge in [0.1, 0.15) is 0 Å². The zero-order valence-electron chi connectivity index (χ0n) is 14.3. The molecule has 0 radical (unpaired) electrons. The van der Waals surface area contributed by atoms with Gasteiger partial charge in [-0.15, -0.1) is 0 Å². The fraction of sp³-hybridized carbons (Fsp3) is 0.438. The molecule has 0 aromatic carbocycles. The molecule has 1 aliphatic rings. The van der Waals surface area contributed by atoms with Crippen LogP contribution in [0.15, 0.2) is 18.7 Å². The van der Waals surface area contributed by atoms with E-state index in [0.29, 0.717) is 19.0 Å². The van der Waals surface area contributed by atoms with Gasteiger partial charge < -0.3 is 19.9 Å². The molecule has 1 aliphatic heterocycles. The van der Waals surface area contributed by atoms with Crippen LogP contribution in [0.5, 0.6) is 0 Å². The van der Waals surface area contributed by atoms with Crippen LogP contribution in [0, 0.1) is 0 Å². The minimum atomic E-state index is 0.217. The Morgan fingerprint density at radius 2 is 2.04 bits per heavy atom. The molecule has 3 aromatic heterocycles. The van der Waals surface area contributed by atoms with Crippen LogP contribution in [0.25, 0.3) is 22.6 Å². The Morgan fingerprint density at radius 3 is 2.76 bits per heavy atom. The molecule has 4 rings (SSSR count). The van der Waals surface area contributed by atoms with Crippen LogP contribution in [0.1, 0.15) is 13.8 Å². The number of aryl methyl sites for hydroxylation is 1. The lowest BCUT2D eigenvalue weighted by Crippen LogP contribution is -2.44. The van der Waals surface area contributed by atoms with Gasteiger partial charge in [-0.1, -0.05) is 0 Å². The third kappa shape index (κ3) is 2.76. The van der Waals surface area contributed by atoms with Crippen LogP contribution in [0.3, 0.4) is 0 Å². The zero-order chi connectivity index (χ0) is 17.4. The molecule has 2 N–H and O–H groups in total. The number of hydrogen-bond acceptors (Lipinski definition) is 8. The lowest BCUT2D eigenvalue weighted by atomic mass is 10.2. The summed E-state index contributed by atoms with van der Waals surface area (Å²) in [4.78, 5) is 24.4. The van der Waals surface area contributed by atoms with Gasteiger partial charge in [0.2, 0.25) is 5.95 Å².